The van der Waals surface area contributed by atoms with E-state index in [0.717, 1.165) is 12.0 Å². The molecule has 1 amide bonds. The highest BCUT2D eigenvalue weighted by molar-refractivity contribution is 5.75. The van der Waals surface area contributed by atoms with Crippen molar-refractivity contribution in [3.63, 3.8) is 0 Å². The van der Waals surface area contributed by atoms with Crippen LogP contribution in [0.4, 0.5) is 0 Å². The smallest absolute Gasteiger partial charge is 0.247 e. The largest absolute Gasteiger partial charge is 0.369 e. The zero-order valence-electron chi connectivity index (χ0n) is 13.0. The van der Waals surface area contributed by atoms with E-state index in [0.29, 0.717) is 18.2 Å². The number of amides is 1. The first-order valence-corrected chi connectivity index (χ1v) is 7.57. The molecule has 2 heterocycles. The average Bonchev–Trinajstić information content (AvgIpc) is 2.96. The number of aromatic amines is 1. The SMILES string of the molecule is NC(=O)Cc1nc(-c2ccc(=O)[nH]c2)n(CCc2ccccc2)n1. The van der Waals surface area contributed by atoms with Gasteiger partial charge in [-0.25, -0.2) is 9.67 Å². The fourth-order valence-corrected chi connectivity index (χ4v) is 2.42. The average molecular weight is 323 g/mol. The molecule has 0 aliphatic rings. The van der Waals surface area contributed by atoms with Crippen LogP contribution in [0.5, 0.6) is 0 Å². The molecule has 0 aliphatic carbocycles. The van der Waals surface area contributed by atoms with E-state index in [-0.39, 0.29) is 12.0 Å². The molecule has 3 aromatic rings. The van der Waals surface area contributed by atoms with E-state index >= 15 is 0 Å². The summed E-state index contributed by atoms with van der Waals surface area (Å²) in [6.45, 7) is 0.601. The van der Waals surface area contributed by atoms with E-state index in [9.17, 15) is 9.59 Å². The Morgan fingerprint density at radius 3 is 2.62 bits per heavy atom. The zero-order valence-corrected chi connectivity index (χ0v) is 13.0. The molecule has 7 nitrogen and oxygen atoms in total. The second-order valence-corrected chi connectivity index (χ2v) is 5.40. The number of nitrogens with two attached hydrogens (primary N) is 1. The number of nitrogens with zero attached hydrogens (tertiary/aromatic N) is 3. The monoisotopic (exact) mass is 323 g/mol. The summed E-state index contributed by atoms with van der Waals surface area (Å²) in [6, 6.07) is 13.1. The molecule has 0 atom stereocenters. The fourth-order valence-electron chi connectivity index (χ4n) is 2.42. The van der Waals surface area contributed by atoms with Crippen molar-refractivity contribution in [2.45, 2.75) is 19.4 Å². The number of hydrogen-bond donors (Lipinski definition) is 2. The lowest BCUT2D eigenvalue weighted by atomic mass is 10.1. The highest BCUT2D eigenvalue weighted by Crippen LogP contribution is 2.16. The van der Waals surface area contributed by atoms with Crippen molar-refractivity contribution in [1.29, 1.82) is 0 Å². The predicted molar refractivity (Wildman–Crippen MR) is 89.1 cm³/mol. The van der Waals surface area contributed by atoms with Crippen LogP contribution in [0.1, 0.15) is 11.4 Å². The molecular formula is C17H17N5O2. The summed E-state index contributed by atoms with van der Waals surface area (Å²) in [4.78, 5) is 29.4. The van der Waals surface area contributed by atoms with Gasteiger partial charge in [-0.3, -0.25) is 9.59 Å². The number of carbonyl (C=O) groups excluding carboxylic acids is 1. The molecule has 2 aromatic heterocycles. The van der Waals surface area contributed by atoms with Crippen LogP contribution in [0.15, 0.2) is 53.5 Å². The van der Waals surface area contributed by atoms with Crippen molar-refractivity contribution < 1.29 is 4.79 Å². The topological polar surface area (TPSA) is 107 Å². The van der Waals surface area contributed by atoms with Crippen molar-refractivity contribution in [2.24, 2.45) is 5.73 Å². The van der Waals surface area contributed by atoms with Gasteiger partial charge < -0.3 is 10.7 Å². The van der Waals surface area contributed by atoms with Crippen LogP contribution < -0.4 is 11.3 Å². The Labute approximate surface area is 138 Å². The van der Waals surface area contributed by atoms with Gasteiger partial charge in [0.2, 0.25) is 11.5 Å². The molecule has 3 rings (SSSR count). The van der Waals surface area contributed by atoms with Crippen LogP contribution in [-0.4, -0.2) is 25.7 Å². The number of pyridine rings is 1. The van der Waals surface area contributed by atoms with Gasteiger partial charge in [0.1, 0.15) is 0 Å². The minimum atomic E-state index is -0.483. The maximum Gasteiger partial charge on any atom is 0.247 e. The predicted octanol–water partition coefficient (Wildman–Crippen LogP) is 0.904. The van der Waals surface area contributed by atoms with Crippen LogP contribution in [0.2, 0.25) is 0 Å². The standard InChI is InChI=1S/C17H17N5O2/c18-14(23)10-15-20-17(13-6-7-16(24)19-11-13)22(21-15)9-8-12-4-2-1-3-5-12/h1-7,11H,8-10H2,(H2,18,23)(H,19,24). The Balaban J connectivity index is 1.90. The third-order valence-electron chi connectivity index (χ3n) is 3.55. The summed E-state index contributed by atoms with van der Waals surface area (Å²) < 4.78 is 1.74. The molecule has 0 saturated heterocycles. The first-order valence-electron chi connectivity index (χ1n) is 7.57. The number of benzene rings is 1. The zero-order chi connectivity index (χ0) is 16.9. The molecule has 7 heteroatoms. The lowest BCUT2D eigenvalue weighted by Crippen LogP contribution is -2.15. The maximum absolute atomic E-state index is 11.2. The Morgan fingerprint density at radius 1 is 1.17 bits per heavy atom. The van der Waals surface area contributed by atoms with Crippen LogP contribution in [-0.2, 0) is 24.2 Å². The van der Waals surface area contributed by atoms with Crippen LogP contribution in [0, 0.1) is 0 Å². The fraction of sp³-hybridized carbons (Fsp3) is 0.176. The Bertz CT molecular complexity index is 878. The molecule has 0 saturated carbocycles. The van der Waals surface area contributed by atoms with E-state index < -0.39 is 5.91 Å². The molecule has 0 fully saturated rings. The summed E-state index contributed by atoms with van der Waals surface area (Å²) >= 11 is 0. The second kappa shape index (κ2) is 6.91. The van der Waals surface area contributed by atoms with Gasteiger partial charge in [0.25, 0.3) is 0 Å². The molecule has 0 bridgehead atoms. The molecule has 0 radical (unpaired) electrons. The number of primary amides is 1. The van der Waals surface area contributed by atoms with E-state index in [1.165, 1.54) is 11.6 Å². The number of aromatic nitrogens is 4. The van der Waals surface area contributed by atoms with Crippen LogP contribution in [0.3, 0.4) is 0 Å². The van der Waals surface area contributed by atoms with Crippen molar-refractivity contribution in [2.75, 3.05) is 0 Å². The van der Waals surface area contributed by atoms with Gasteiger partial charge in [0, 0.05) is 24.4 Å². The van der Waals surface area contributed by atoms with Gasteiger partial charge in [-0.15, -0.1) is 0 Å². The van der Waals surface area contributed by atoms with Gasteiger partial charge in [-0.05, 0) is 18.1 Å². The Morgan fingerprint density at radius 2 is 1.96 bits per heavy atom. The highest BCUT2D eigenvalue weighted by Gasteiger charge is 2.13. The van der Waals surface area contributed by atoms with Crippen molar-refractivity contribution in [1.82, 2.24) is 19.7 Å². The summed E-state index contributed by atoms with van der Waals surface area (Å²) in [6.07, 6.45) is 2.34. The van der Waals surface area contributed by atoms with Gasteiger partial charge >= 0.3 is 0 Å². The molecule has 0 aliphatic heterocycles. The molecule has 3 N–H and O–H groups in total. The summed E-state index contributed by atoms with van der Waals surface area (Å²) in [5.74, 6) is 0.485. The summed E-state index contributed by atoms with van der Waals surface area (Å²) in [7, 11) is 0. The van der Waals surface area contributed by atoms with Gasteiger partial charge in [-0.2, -0.15) is 5.10 Å². The number of aryl methyl sites for hydroxylation is 2. The summed E-state index contributed by atoms with van der Waals surface area (Å²) in [5, 5.41) is 4.38. The molecule has 1 aromatic carbocycles. The number of H-pyrrole nitrogens is 1. The number of nitrogens with one attached hydrogen (secondary N) is 1. The molecule has 0 unspecified atom stereocenters. The van der Waals surface area contributed by atoms with Crippen molar-refractivity contribution >= 4 is 5.91 Å². The molecule has 122 valence electrons. The summed E-state index contributed by atoms with van der Waals surface area (Å²) in [5.41, 5.74) is 6.95. The third kappa shape index (κ3) is 3.75. The molecular weight excluding hydrogens is 306 g/mol. The molecule has 24 heavy (non-hydrogen) atoms. The minimum absolute atomic E-state index is 0.0192. The number of hydrogen-bond acceptors (Lipinski definition) is 4. The van der Waals surface area contributed by atoms with E-state index in [4.69, 9.17) is 5.73 Å². The van der Waals surface area contributed by atoms with Crippen LogP contribution in [0.25, 0.3) is 11.4 Å². The second-order valence-electron chi connectivity index (χ2n) is 5.40. The lowest BCUT2D eigenvalue weighted by Gasteiger charge is -2.06. The number of rotatable bonds is 6. The van der Waals surface area contributed by atoms with E-state index in [1.807, 2.05) is 30.3 Å². The van der Waals surface area contributed by atoms with Gasteiger partial charge in [-0.1, -0.05) is 30.3 Å². The third-order valence-corrected chi connectivity index (χ3v) is 3.55. The van der Waals surface area contributed by atoms with Gasteiger partial charge in [0.05, 0.1) is 6.42 Å². The van der Waals surface area contributed by atoms with E-state index in [2.05, 4.69) is 15.1 Å². The molecule has 0 spiro atoms. The van der Waals surface area contributed by atoms with Gasteiger partial charge in [0.15, 0.2) is 11.6 Å². The van der Waals surface area contributed by atoms with Crippen molar-refractivity contribution in [3.05, 3.63) is 70.4 Å². The Kier molecular flexibility index (Phi) is 4.51. The first-order chi connectivity index (χ1) is 11.6. The first kappa shape index (κ1) is 15.7. The number of carbonyl (C=O) groups is 1. The van der Waals surface area contributed by atoms with Crippen molar-refractivity contribution in [3.8, 4) is 11.4 Å². The minimum Gasteiger partial charge on any atom is -0.369 e. The van der Waals surface area contributed by atoms with E-state index in [1.54, 1.807) is 16.9 Å². The quantitative estimate of drug-likeness (QED) is 0.703. The Hall–Kier alpha value is -3.22. The maximum atomic E-state index is 11.2. The lowest BCUT2D eigenvalue weighted by molar-refractivity contribution is -0.117. The highest BCUT2D eigenvalue weighted by atomic mass is 16.1. The normalized spacial score (nSPS) is 10.7. The van der Waals surface area contributed by atoms with Crippen LogP contribution >= 0.6 is 0 Å².